The second kappa shape index (κ2) is 7.31. The molecule has 1 aliphatic carbocycles. The normalized spacial score (nSPS) is 20.9. The van der Waals surface area contributed by atoms with Gasteiger partial charge in [0.2, 0.25) is 5.91 Å². The van der Waals surface area contributed by atoms with Crippen molar-refractivity contribution >= 4 is 16.7 Å². The van der Waals surface area contributed by atoms with Crippen molar-refractivity contribution < 1.29 is 9.00 Å². The monoisotopic (exact) mass is 341 g/mol. The average Bonchev–Trinajstić information content (AvgIpc) is 2.58. The van der Waals surface area contributed by atoms with E-state index in [1.54, 1.807) is 6.26 Å². The molecule has 1 amide bonds. The van der Waals surface area contributed by atoms with Gasteiger partial charge in [0.25, 0.3) is 0 Å². The van der Waals surface area contributed by atoms with Crippen molar-refractivity contribution in [2.24, 2.45) is 5.92 Å². The van der Waals surface area contributed by atoms with E-state index in [-0.39, 0.29) is 11.9 Å². The third-order valence-corrected chi connectivity index (χ3v) is 5.70. The summed E-state index contributed by atoms with van der Waals surface area (Å²) in [5.74, 6) is 0.475. The zero-order valence-corrected chi connectivity index (χ0v) is 14.9. The fourth-order valence-corrected chi connectivity index (χ4v) is 3.87. The lowest BCUT2D eigenvalue weighted by Crippen LogP contribution is -2.36. The molecule has 0 saturated carbocycles. The van der Waals surface area contributed by atoms with Gasteiger partial charge in [0.05, 0.1) is 12.5 Å². The zero-order chi connectivity index (χ0) is 17.1. The highest BCUT2D eigenvalue weighted by molar-refractivity contribution is 7.84. The molecule has 2 aromatic carbocycles. The molecular formula is C20H23NO2S. The molecule has 0 aromatic heterocycles. The van der Waals surface area contributed by atoms with Gasteiger partial charge in [-0.1, -0.05) is 43.3 Å². The molecule has 0 saturated heterocycles. The van der Waals surface area contributed by atoms with Crippen molar-refractivity contribution in [3.63, 3.8) is 0 Å². The first kappa shape index (κ1) is 16.9. The topological polar surface area (TPSA) is 46.2 Å². The molecule has 2 aromatic rings. The molecule has 0 heterocycles. The molecule has 3 rings (SSSR count). The fraction of sp³-hybridized carbons (Fsp3) is 0.350. The van der Waals surface area contributed by atoms with Crippen LogP contribution in [0.4, 0.5) is 0 Å². The van der Waals surface area contributed by atoms with Crippen LogP contribution in [0.15, 0.2) is 53.4 Å². The quantitative estimate of drug-likeness (QED) is 0.926. The van der Waals surface area contributed by atoms with E-state index < -0.39 is 10.8 Å². The van der Waals surface area contributed by atoms with Crippen LogP contribution in [0.2, 0.25) is 0 Å². The smallest absolute Gasteiger partial charge is 0.224 e. The van der Waals surface area contributed by atoms with Crippen LogP contribution >= 0.6 is 0 Å². The number of fused-ring (bicyclic) bond motifs is 1. The summed E-state index contributed by atoms with van der Waals surface area (Å²) in [6.07, 6.45) is 4.18. The van der Waals surface area contributed by atoms with E-state index in [0.29, 0.717) is 12.3 Å². The molecule has 1 N–H and O–H groups in total. The van der Waals surface area contributed by atoms with E-state index in [9.17, 15) is 9.00 Å². The average molecular weight is 341 g/mol. The van der Waals surface area contributed by atoms with Crippen LogP contribution in [0.3, 0.4) is 0 Å². The first-order valence-electron chi connectivity index (χ1n) is 8.34. The van der Waals surface area contributed by atoms with Crippen LogP contribution in [0.1, 0.15) is 36.1 Å². The van der Waals surface area contributed by atoms with E-state index in [1.807, 2.05) is 30.3 Å². The molecule has 24 heavy (non-hydrogen) atoms. The van der Waals surface area contributed by atoms with E-state index >= 15 is 0 Å². The number of rotatable bonds is 4. The van der Waals surface area contributed by atoms with Crippen molar-refractivity contribution in [2.75, 3.05) is 6.26 Å². The maximum absolute atomic E-state index is 12.5. The summed E-state index contributed by atoms with van der Waals surface area (Å²) < 4.78 is 11.4. The highest BCUT2D eigenvalue weighted by Gasteiger charge is 2.27. The molecule has 0 fully saturated rings. The van der Waals surface area contributed by atoms with Gasteiger partial charge in [0, 0.05) is 22.0 Å². The predicted octanol–water partition coefficient (Wildman–Crippen LogP) is 3.41. The number of aryl methyl sites for hydroxylation is 1. The Morgan fingerprint density at radius 1 is 1.17 bits per heavy atom. The number of amides is 1. The van der Waals surface area contributed by atoms with Crippen molar-refractivity contribution in [2.45, 2.75) is 37.1 Å². The van der Waals surface area contributed by atoms with Crippen molar-refractivity contribution in [3.05, 3.63) is 65.2 Å². The molecule has 126 valence electrons. The Morgan fingerprint density at radius 3 is 2.58 bits per heavy atom. The van der Waals surface area contributed by atoms with Gasteiger partial charge in [-0.15, -0.1) is 0 Å². The molecule has 0 aliphatic heterocycles. The molecule has 0 unspecified atom stereocenters. The number of nitrogens with one attached hydrogen (secondary N) is 1. The van der Waals surface area contributed by atoms with Crippen LogP contribution in [-0.4, -0.2) is 16.4 Å². The summed E-state index contributed by atoms with van der Waals surface area (Å²) in [6, 6.07) is 15.9. The summed E-state index contributed by atoms with van der Waals surface area (Å²) in [6.45, 7) is 2.20. The first-order chi connectivity index (χ1) is 11.5. The van der Waals surface area contributed by atoms with Crippen LogP contribution in [-0.2, 0) is 28.4 Å². The number of carbonyl (C=O) groups is 1. The summed E-state index contributed by atoms with van der Waals surface area (Å²) in [5, 5.41) is 3.21. The first-order valence-corrected chi connectivity index (χ1v) is 9.90. The Labute approximate surface area is 145 Å². The van der Waals surface area contributed by atoms with Gasteiger partial charge in [0.15, 0.2) is 0 Å². The van der Waals surface area contributed by atoms with E-state index in [1.165, 1.54) is 11.1 Å². The van der Waals surface area contributed by atoms with Gasteiger partial charge in [-0.25, -0.2) is 0 Å². The van der Waals surface area contributed by atoms with Gasteiger partial charge in [-0.2, -0.15) is 0 Å². The summed E-state index contributed by atoms with van der Waals surface area (Å²) in [7, 11) is -0.986. The number of hydrogen-bond acceptors (Lipinski definition) is 2. The Hall–Kier alpha value is -1.94. The largest absolute Gasteiger partial charge is 0.349 e. The molecule has 0 bridgehead atoms. The number of hydrogen-bond donors (Lipinski definition) is 1. The second-order valence-corrected chi connectivity index (χ2v) is 7.91. The highest BCUT2D eigenvalue weighted by Crippen LogP contribution is 2.34. The standard InChI is InChI=1S/C20H23NO2S/c1-14-7-10-16-5-3-4-6-18(16)20(14)21-19(22)13-15-8-11-17(12-9-15)24(2)23/h3-6,8-9,11-12,14,20H,7,10,13H2,1-2H3,(H,21,22)/t14-,20-,24-/m1/s1. The van der Waals surface area contributed by atoms with Gasteiger partial charge in [-0.05, 0) is 47.6 Å². The molecule has 3 nitrogen and oxygen atoms in total. The van der Waals surface area contributed by atoms with Crippen molar-refractivity contribution in [3.8, 4) is 0 Å². The Morgan fingerprint density at radius 2 is 1.88 bits per heavy atom. The summed E-state index contributed by atoms with van der Waals surface area (Å²) in [5.41, 5.74) is 3.54. The molecule has 0 spiro atoms. The minimum Gasteiger partial charge on any atom is -0.349 e. The molecular weight excluding hydrogens is 318 g/mol. The lowest BCUT2D eigenvalue weighted by atomic mass is 9.80. The van der Waals surface area contributed by atoms with Crippen molar-refractivity contribution in [1.82, 2.24) is 5.32 Å². The Bertz CT molecular complexity index is 754. The van der Waals surface area contributed by atoms with Gasteiger partial charge < -0.3 is 5.32 Å². The Kier molecular flexibility index (Phi) is 5.14. The SMILES string of the molecule is C[C@@H]1CCc2ccccc2[C@@H]1NC(=O)Cc1ccc([S@@](C)=O)cc1. The van der Waals surface area contributed by atoms with E-state index in [0.717, 1.165) is 23.3 Å². The second-order valence-electron chi connectivity index (χ2n) is 6.53. The maximum atomic E-state index is 12.5. The molecule has 0 radical (unpaired) electrons. The zero-order valence-electron chi connectivity index (χ0n) is 14.1. The van der Waals surface area contributed by atoms with E-state index in [2.05, 4.69) is 30.4 Å². The Balaban J connectivity index is 1.69. The third kappa shape index (κ3) is 3.75. The molecule has 1 aliphatic rings. The van der Waals surface area contributed by atoms with Crippen LogP contribution < -0.4 is 5.32 Å². The van der Waals surface area contributed by atoms with Crippen LogP contribution in [0, 0.1) is 5.92 Å². The lowest BCUT2D eigenvalue weighted by molar-refractivity contribution is -0.121. The van der Waals surface area contributed by atoms with Gasteiger partial charge >= 0.3 is 0 Å². The van der Waals surface area contributed by atoms with Crippen LogP contribution in [0.25, 0.3) is 0 Å². The third-order valence-electron chi connectivity index (χ3n) is 4.76. The lowest BCUT2D eigenvalue weighted by Gasteiger charge is -2.32. The van der Waals surface area contributed by atoms with Crippen LogP contribution in [0.5, 0.6) is 0 Å². The summed E-state index contributed by atoms with van der Waals surface area (Å²) >= 11 is 0. The predicted molar refractivity (Wildman–Crippen MR) is 97.3 cm³/mol. The number of benzene rings is 2. The van der Waals surface area contributed by atoms with Crippen molar-refractivity contribution in [1.29, 1.82) is 0 Å². The molecule has 3 atom stereocenters. The summed E-state index contributed by atoms with van der Waals surface area (Å²) in [4.78, 5) is 13.3. The molecule has 4 heteroatoms. The number of carbonyl (C=O) groups excluding carboxylic acids is 1. The maximum Gasteiger partial charge on any atom is 0.224 e. The highest BCUT2D eigenvalue weighted by atomic mass is 32.2. The minimum atomic E-state index is -0.986. The van der Waals surface area contributed by atoms with Gasteiger partial charge in [0.1, 0.15) is 0 Å². The van der Waals surface area contributed by atoms with Gasteiger partial charge in [-0.3, -0.25) is 9.00 Å². The van der Waals surface area contributed by atoms with E-state index in [4.69, 9.17) is 0 Å². The fourth-order valence-electron chi connectivity index (χ4n) is 3.35. The minimum absolute atomic E-state index is 0.0360.